The summed E-state index contributed by atoms with van der Waals surface area (Å²) in [5.74, 6) is -1.10. The lowest BCUT2D eigenvalue weighted by Crippen LogP contribution is -2.19. The van der Waals surface area contributed by atoms with Crippen LogP contribution in [0.25, 0.3) is 0 Å². The second-order valence-electron chi connectivity index (χ2n) is 6.14. The lowest BCUT2D eigenvalue weighted by Gasteiger charge is -2.11. The van der Waals surface area contributed by atoms with E-state index >= 15 is 0 Å². The number of nitrogens with zero attached hydrogens (tertiary/aromatic N) is 3. The van der Waals surface area contributed by atoms with Gasteiger partial charge in [0.2, 0.25) is 5.95 Å². The zero-order valence-corrected chi connectivity index (χ0v) is 14.3. The molecular formula is C18H20FN5O. The number of nitriles is 1. The molecule has 0 saturated heterocycles. The second-order valence-corrected chi connectivity index (χ2v) is 6.14. The van der Waals surface area contributed by atoms with Gasteiger partial charge in [-0.25, -0.2) is 4.98 Å². The van der Waals surface area contributed by atoms with Gasteiger partial charge >= 0.3 is 0 Å². The first kappa shape index (κ1) is 17.0. The van der Waals surface area contributed by atoms with Crippen LogP contribution in [0.3, 0.4) is 0 Å². The first-order valence-corrected chi connectivity index (χ1v) is 8.34. The Morgan fingerprint density at radius 2 is 2.16 bits per heavy atom. The zero-order valence-electron chi connectivity index (χ0n) is 14.3. The van der Waals surface area contributed by atoms with Crippen molar-refractivity contribution in [3.05, 3.63) is 40.7 Å². The maximum Gasteiger partial charge on any atom is 0.272 e. The first-order chi connectivity index (χ1) is 12.0. The molecule has 1 aliphatic heterocycles. The van der Waals surface area contributed by atoms with E-state index in [2.05, 4.69) is 20.2 Å². The van der Waals surface area contributed by atoms with E-state index < -0.39 is 5.95 Å². The molecule has 0 fully saturated rings. The van der Waals surface area contributed by atoms with Crippen molar-refractivity contribution >= 4 is 17.3 Å². The van der Waals surface area contributed by atoms with Gasteiger partial charge in [-0.1, -0.05) is 6.42 Å². The first-order valence-electron chi connectivity index (χ1n) is 8.34. The Kier molecular flexibility index (Phi) is 4.70. The number of hydrogen-bond donors (Lipinski definition) is 2. The molecule has 0 aliphatic carbocycles. The number of amides is 1. The minimum atomic E-state index is -0.795. The average molecular weight is 341 g/mol. The van der Waals surface area contributed by atoms with Crippen LogP contribution >= 0.6 is 0 Å². The molecule has 3 rings (SSSR count). The number of fused-ring (bicyclic) bond motifs is 1. The van der Waals surface area contributed by atoms with Gasteiger partial charge in [0.1, 0.15) is 17.5 Å². The third-order valence-electron chi connectivity index (χ3n) is 4.54. The number of carbonyl (C=O) groups excluding carboxylic acids is 1. The molecule has 25 heavy (non-hydrogen) atoms. The van der Waals surface area contributed by atoms with Crippen molar-refractivity contribution in [3.63, 3.8) is 0 Å². The molecule has 2 N–H and O–H groups in total. The summed E-state index contributed by atoms with van der Waals surface area (Å²) in [7, 11) is 1.85. The van der Waals surface area contributed by atoms with E-state index in [1.807, 2.05) is 14.0 Å². The number of carbonyl (C=O) groups is 1. The fourth-order valence-corrected chi connectivity index (χ4v) is 3.49. The number of halogens is 1. The van der Waals surface area contributed by atoms with Crippen molar-refractivity contribution < 1.29 is 9.18 Å². The van der Waals surface area contributed by atoms with Crippen molar-refractivity contribution in [3.8, 4) is 6.07 Å². The number of anilines is 2. The molecule has 2 aromatic rings. The van der Waals surface area contributed by atoms with Crippen LogP contribution in [0.5, 0.6) is 0 Å². The highest BCUT2D eigenvalue weighted by Gasteiger charge is 2.25. The van der Waals surface area contributed by atoms with Crippen LogP contribution in [0, 0.1) is 24.2 Å². The van der Waals surface area contributed by atoms with Crippen molar-refractivity contribution in [2.75, 3.05) is 17.7 Å². The van der Waals surface area contributed by atoms with Crippen LogP contribution in [0.4, 0.5) is 15.8 Å². The highest BCUT2D eigenvalue weighted by Crippen LogP contribution is 2.32. The maximum atomic E-state index is 13.5. The summed E-state index contributed by atoms with van der Waals surface area (Å²) in [5, 5.41) is 14.8. The third kappa shape index (κ3) is 3.20. The zero-order chi connectivity index (χ0) is 18.0. The summed E-state index contributed by atoms with van der Waals surface area (Å²) in [4.78, 5) is 16.3. The Bertz CT molecular complexity index is 865. The molecule has 1 amide bonds. The Morgan fingerprint density at radius 1 is 1.36 bits per heavy atom. The molecule has 7 heteroatoms. The number of rotatable bonds is 3. The van der Waals surface area contributed by atoms with E-state index in [0.29, 0.717) is 5.69 Å². The summed E-state index contributed by atoms with van der Waals surface area (Å²) in [5.41, 5.74) is 3.75. The van der Waals surface area contributed by atoms with E-state index in [4.69, 9.17) is 5.26 Å². The van der Waals surface area contributed by atoms with Crippen LogP contribution in [-0.4, -0.2) is 22.5 Å². The summed E-state index contributed by atoms with van der Waals surface area (Å²) in [6.07, 6.45) is 4.17. The third-order valence-corrected chi connectivity index (χ3v) is 4.54. The minimum Gasteiger partial charge on any atom is -0.386 e. The monoisotopic (exact) mass is 341 g/mol. The number of hydrogen-bond acceptors (Lipinski definition) is 4. The molecule has 0 radical (unpaired) electrons. The quantitative estimate of drug-likeness (QED) is 0.840. The molecule has 2 aromatic heterocycles. The summed E-state index contributed by atoms with van der Waals surface area (Å²) >= 11 is 0. The highest BCUT2D eigenvalue weighted by atomic mass is 19.1. The van der Waals surface area contributed by atoms with Crippen molar-refractivity contribution in [1.29, 1.82) is 5.26 Å². The summed E-state index contributed by atoms with van der Waals surface area (Å²) in [6, 6.07) is 4.26. The highest BCUT2D eigenvalue weighted by molar-refractivity contribution is 6.05. The fraction of sp³-hybridized carbons (Fsp3) is 0.389. The molecule has 130 valence electrons. The molecule has 0 aromatic carbocycles. The van der Waals surface area contributed by atoms with Crippen molar-refractivity contribution in [1.82, 2.24) is 9.55 Å². The van der Waals surface area contributed by atoms with Gasteiger partial charge < -0.3 is 15.2 Å². The fourth-order valence-electron chi connectivity index (χ4n) is 3.49. The Hall–Kier alpha value is -2.88. The van der Waals surface area contributed by atoms with Gasteiger partial charge in [-0.3, -0.25) is 4.79 Å². The van der Waals surface area contributed by atoms with Crippen LogP contribution in [0.15, 0.2) is 12.1 Å². The second kappa shape index (κ2) is 6.93. The topological polar surface area (TPSA) is 82.7 Å². The minimum absolute atomic E-state index is 0.0723. The lowest BCUT2D eigenvalue weighted by molar-refractivity contribution is 0.101. The van der Waals surface area contributed by atoms with E-state index in [1.54, 1.807) is 6.07 Å². The van der Waals surface area contributed by atoms with E-state index in [-0.39, 0.29) is 17.3 Å². The summed E-state index contributed by atoms with van der Waals surface area (Å²) < 4.78 is 15.6. The van der Waals surface area contributed by atoms with Gasteiger partial charge in [0, 0.05) is 36.6 Å². The standard InChI is InChI=1S/C18H20FN5O/c1-11-16(21-2)14-6-4-3-5-7-24(14)17(11)18(25)23-12-8-13(10-20)22-15(19)9-12/h8-9,21H,3-7H2,1-2H3,(H,22,23,25). The molecule has 1 aliphatic rings. The van der Waals surface area contributed by atoms with Crippen LogP contribution in [-0.2, 0) is 13.0 Å². The maximum absolute atomic E-state index is 13.5. The summed E-state index contributed by atoms with van der Waals surface area (Å²) in [6.45, 7) is 2.70. The molecule has 0 spiro atoms. The Labute approximate surface area is 145 Å². The van der Waals surface area contributed by atoms with Crippen molar-refractivity contribution in [2.45, 2.75) is 39.2 Å². The largest absolute Gasteiger partial charge is 0.386 e. The lowest BCUT2D eigenvalue weighted by atomic mass is 10.1. The Balaban J connectivity index is 1.99. The molecule has 0 atom stereocenters. The molecule has 3 heterocycles. The van der Waals surface area contributed by atoms with Crippen LogP contribution in [0.1, 0.15) is 46.7 Å². The van der Waals surface area contributed by atoms with E-state index in [1.165, 1.54) is 6.07 Å². The molecule has 0 saturated carbocycles. The number of pyridine rings is 1. The van der Waals surface area contributed by atoms with Crippen LogP contribution in [0.2, 0.25) is 0 Å². The van der Waals surface area contributed by atoms with Gasteiger partial charge in [0.15, 0.2) is 0 Å². The van der Waals surface area contributed by atoms with Gasteiger partial charge in [0.05, 0.1) is 5.69 Å². The van der Waals surface area contributed by atoms with Gasteiger partial charge in [-0.05, 0) is 32.3 Å². The van der Waals surface area contributed by atoms with E-state index in [9.17, 15) is 9.18 Å². The van der Waals surface area contributed by atoms with Gasteiger partial charge in [0.25, 0.3) is 5.91 Å². The molecular weight excluding hydrogens is 321 g/mol. The average Bonchev–Trinajstić information content (AvgIpc) is 2.72. The number of aromatic nitrogens is 2. The van der Waals surface area contributed by atoms with Gasteiger partial charge in [-0.15, -0.1) is 0 Å². The number of nitrogens with one attached hydrogen (secondary N) is 2. The predicted octanol–water partition coefficient (Wildman–Crippen LogP) is 3.22. The molecule has 0 bridgehead atoms. The molecule has 0 unspecified atom stereocenters. The van der Waals surface area contributed by atoms with E-state index in [0.717, 1.165) is 55.2 Å². The predicted molar refractivity (Wildman–Crippen MR) is 93.1 cm³/mol. The SMILES string of the molecule is CNc1c(C)c(C(=O)Nc2cc(F)nc(C#N)c2)n2c1CCCCC2. The van der Waals surface area contributed by atoms with Crippen LogP contribution < -0.4 is 10.6 Å². The Morgan fingerprint density at radius 3 is 2.88 bits per heavy atom. The molecule has 6 nitrogen and oxygen atoms in total. The normalized spacial score (nSPS) is 13.5. The smallest absolute Gasteiger partial charge is 0.272 e. The van der Waals surface area contributed by atoms with Gasteiger partial charge in [-0.2, -0.15) is 9.65 Å². The van der Waals surface area contributed by atoms with Crippen molar-refractivity contribution in [2.24, 2.45) is 0 Å².